The van der Waals surface area contributed by atoms with E-state index < -0.39 is 0 Å². The van der Waals surface area contributed by atoms with E-state index in [1.807, 2.05) is 6.08 Å². The summed E-state index contributed by atoms with van der Waals surface area (Å²) < 4.78 is 0. The van der Waals surface area contributed by atoms with Crippen molar-refractivity contribution in [2.45, 2.75) is 6.17 Å². The predicted octanol–water partition coefficient (Wildman–Crippen LogP) is 0.817. The summed E-state index contributed by atoms with van der Waals surface area (Å²) in [5, 5.41) is 0.498. The first-order valence-electron chi connectivity index (χ1n) is 3.21. The monoisotopic (exact) mass is 167 g/mol. The van der Waals surface area contributed by atoms with Crippen LogP contribution in [-0.2, 0) is 0 Å². The van der Waals surface area contributed by atoms with E-state index in [1.54, 1.807) is 12.4 Å². The number of halogens is 1. The van der Waals surface area contributed by atoms with E-state index in [2.05, 4.69) is 9.98 Å². The van der Waals surface area contributed by atoms with E-state index in [9.17, 15) is 0 Å². The van der Waals surface area contributed by atoms with Crippen molar-refractivity contribution in [3.05, 3.63) is 22.4 Å². The van der Waals surface area contributed by atoms with E-state index in [1.165, 1.54) is 0 Å². The van der Waals surface area contributed by atoms with Crippen LogP contribution >= 0.6 is 11.6 Å². The molecule has 0 fully saturated rings. The highest BCUT2D eigenvalue weighted by Crippen LogP contribution is 2.25. The van der Waals surface area contributed by atoms with Gasteiger partial charge in [-0.2, -0.15) is 0 Å². The van der Waals surface area contributed by atoms with Crippen molar-refractivity contribution in [2.24, 2.45) is 15.7 Å². The lowest BCUT2D eigenvalue weighted by molar-refractivity contribution is 0.842. The van der Waals surface area contributed by atoms with Crippen LogP contribution in [0, 0.1) is 0 Å². The third-order valence-electron chi connectivity index (χ3n) is 1.66. The highest BCUT2D eigenvalue weighted by molar-refractivity contribution is 6.40. The zero-order valence-electron chi connectivity index (χ0n) is 5.66. The Labute approximate surface area is 69.0 Å². The number of allylic oxidation sites excluding steroid dienone is 2. The van der Waals surface area contributed by atoms with Gasteiger partial charge in [0.25, 0.3) is 0 Å². The maximum atomic E-state index is 5.74. The van der Waals surface area contributed by atoms with Crippen molar-refractivity contribution < 1.29 is 0 Å². The van der Waals surface area contributed by atoms with Crippen LogP contribution in [0.3, 0.4) is 0 Å². The number of aliphatic imine (C=N–C) groups is 2. The Morgan fingerprint density at radius 3 is 3.09 bits per heavy atom. The molecule has 0 spiro atoms. The molecule has 2 aliphatic heterocycles. The van der Waals surface area contributed by atoms with Gasteiger partial charge in [-0.3, -0.25) is 9.98 Å². The molecule has 0 bridgehead atoms. The molecule has 0 aromatic carbocycles. The van der Waals surface area contributed by atoms with E-state index in [-0.39, 0.29) is 6.17 Å². The number of dihydropyridines is 1. The van der Waals surface area contributed by atoms with Gasteiger partial charge in [-0.15, -0.1) is 0 Å². The van der Waals surface area contributed by atoms with E-state index >= 15 is 0 Å². The summed E-state index contributed by atoms with van der Waals surface area (Å²) in [6.07, 6.45) is 4.93. The van der Waals surface area contributed by atoms with Crippen molar-refractivity contribution in [1.82, 2.24) is 0 Å². The summed E-state index contributed by atoms with van der Waals surface area (Å²) in [6, 6.07) is 0. The Kier molecular flexibility index (Phi) is 1.32. The van der Waals surface area contributed by atoms with Gasteiger partial charge in [-0.25, -0.2) is 0 Å². The summed E-state index contributed by atoms with van der Waals surface area (Å²) in [5.41, 5.74) is 7.16. The Hall–Kier alpha value is -1.09. The molecule has 4 heteroatoms. The van der Waals surface area contributed by atoms with Gasteiger partial charge in [-0.1, -0.05) is 11.6 Å². The average molecular weight is 168 g/mol. The molecule has 0 saturated heterocycles. The first-order chi connectivity index (χ1) is 5.29. The van der Waals surface area contributed by atoms with Gasteiger partial charge in [0, 0.05) is 18.0 Å². The molecule has 1 atom stereocenters. The molecule has 0 saturated carbocycles. The van der Waals surface area contributed by atoms with Gasteiger partial charge in [0.05, 0.1) is 10.7 Å². The van der Waals surface area contributed by atoms with E-state index in [0.717, 1.165) is 5.57 Å². The van der Waals surface area contributed by atoms with Crippen LogP contribution in [0.25, 0.3) is 0 Å². The molecular weight excluding hydrogens is 162 g/mol. The second kappa shape index (κ2) is 2.20. The Balaban J connectivity index is 2.48. The minimum Gasteiger partial charge on any atom is -0.397 e. The number of fused-ring (bicyclic) bond motifs is 1. The zero-order valence-corrected chi connectivity index (χ0v) is 6.42. The van der Waals surface area contributed by atoms with Crippen LogP contribution in [0.2, 0.25) is 0 Å². The maximum absolute atomic E-state index is 5.74. The fourth-order valence-corrected chi connectivity index (χ4v) is 1.23. The predicted molar refractivity (Wildman–Crippen MR) is 45.9 cm³/mol. The van der Waals surface area contributed by atoms with Crippen LogP contribution in [0.15, 0.2) is 32.4 Å². The summed E-state index contributed by atoms with van der Waals surface area (Å²) in [4.78, 5) is 8.12. The van der Waals surface area contributed by atoms with Gasteiger partial charge in [-0.05, 0) is 6.08 Å². The topological polar surface area (TPSA) is 50.7 Å². The van der Waals surface area contributed by atoms with Crippen LogP contribution < -0.4 is 5.73 Å². The number of nitrogens with zero attached hydrogens (tertiary/aromatic N) is 2. The Morgan fingerprint density at radius 2 is 2.27 bits per heavy atom. The fraction of sp³-hybridized carbons (Fsp3) is 0.143. The molecule has 0 aliphatic carbocycles. The summed E-state index contributed by atoms with van der Waals surface area (Å²) >= 11 is 5.74. The molecular formula is C7H6ClN3. The van der Waals surface area contributed by atoms with Crippen molar-refractivity contribution in [2.75, 3.05) is 0 Å². The van der Waals surface area contributed by atoms with Gasteiger partial charge in [0.1, 0.15) is 0 Å². The fourth-order valence-electron chi connectivity index (χ4n) is 1.06. The smallest absolute Gasteiger partial charge is 0.167 e. The first-order valence-corrected chi connectivity index (χ1v) is 3.59. The highest BCUT2D eigenvalue weighted by atomic mass is 35.5. The van der Waals surface area contributed by atoms with Crippen LogP contribution in [0.5, 0.6) is 0 Å². The normalized spacial score (nSPS) is 27.4. The zero-order chi connectivity index (χ0) is 7.84. The second-order valence-electron chi connectivity index (χ2n) is 2.33. The van der Waals surface area contributed by atoms with Gasteiger partial charge < -0.3 is 5.73 Å². The molecule has 0 radical (unpaired) electrons. The van der Waals surface area contributed by atoms with Crippen molar-refractivity contribution >= 4 is 24.0 Å². The molecule has 0 amide bonds. The molecule has 0 unspecified atom stereocenters. The lowest BCUT2D eigenvalue weighted by atomic mass is 10.1. The van der Waals surface area contributed by atoms with Crippen molar-refractivity contribution in [3.8, 4) is 0 Å². The molecule has 2 aliphatic rings. The Bertz CT molecular complexity index is 312. The average Bonchev–Trinajstić information content (AvgIpc) is 2.45. The molecule has 56 valence electrons. The molecule has 3 nitrogen and oxygen atoms in total. The highest BCUT2D eigenvalue weighted by Gasteiger charge is 2.21. The lowest BCUT2D eigenvalue weighted by Gasteiger charge is -2.13. The SMILES string of the molecule is NC1=C(Cl)C=N[C@H]2N=CC=C12. The minimum absolute atomic E-state index is 0.141. The maximum Gasteiger partial charge on any atom is 0.167 e. The van der Waals surface area contributed by atoms with Gasteiger partial charge >= 0.3 is 0 Å². The van der Waals surface area contributed by atoms with Gasteiger partial charge in [0.2, 0.25) is 0 Å². The van der Waals surface area contributed by atoms with E-state index in [0.29, 0.717) is 10.7 Å². The molecule has 0 aromatic heterocycles. The third-order valence-corrected chi connectivity index (χ3v) is 1.96. The molecule has 2 N–H and O–H groups in total. The summed E-state index contributed by atoms with van der Waals surface area (Å²) in [6.45, 7) is 0. The van der Waals surface area contributed by atoms with Crippen molar-refractivity contribution in [1.29, 1.82) is 0 Å². The third kappa shape index (κ3) is 0.886. The largest absolute Gasteiger partial charge is 0.397 e. The molecule has 11 heavy (non-hydrogen) atoms. The summed E-state index contributed by atoms with van der Waals surface area (Å²) in [5.74, 6) is 0. The number of nitrogens with two attached hydrogens (primary N) is 1. The van der Waals surface area contributed by atoms with Crippen LogP contribution in [0.1, 0.15) is 0 Å². The quantitative estimate of drug-likeness (QED) is 0.571. The number of hydrogen-bond donors (Lipinski definition) is 1. The van der Waals surface area contributed by atoms with Crippen molar-refractivity contribution in [3.63, 3.8) is 0 Å². The molecule has 0 aromatic rings. The molecule has 2 heterocycles. The summed E-state index contributed by atoms with van der Waals surface area (Å²) in [7, 11) is 0. The first kappa shape index (κ1) is 6.61. The second-order valence-corrected chi connectivity index (χ2v) is 2.74. The number of hydrogen-bond acceptors (Lipinski definition) is 3. The lowest BCUT2D eigenvalue weighted by Crippen LogP contribution is -2.16. The van der Waals surface area contributed by atoms with Gasteiger partial charge in [0.15, 0.2) is 6.17 Å². The Morgan fingerprint density at radius 1 is 1.45 bits per heavy atom. The van der Waals surface area contributed by atoms with E-state index in [4.69, 9.17) is 17.3 Å². The molecule has 2 rings (SSSR count). The minimum atomic E-state index is -0.141. The van der Waals surface area contributed by atoms with Crippen LogP contribution in [0.4, 0.5) is 0 Å². The standard InChI is InChI=1S/C7H6ClN3/c8-5-3-11-7-4(6(5)9)1-2-10-7/h1-3,7H,9H2/t7-/m1/s1. The number of rotatable bonds is 0. The van der Waals surface area contributed by atoms with Crippen LogP contribution in [-0.4, -0.2) is 18.6 Å².